The van der Waals surface area contributed by atoms with E-state index in [1.165, 1.54) is 0 Å². The zero-order valence-electron chi connectivity index (χ0n) is 11.8. The molecule has 2 aromatic rings. The van der Waals surface area contributed by atoms with E-state index in [0.717, 1.165) is 16.7 Å². The van der Waals surface area contributed by atoms with Crippen molar-refractivity contribution in [3.8, 4) is 0 Å². The third-order valence-electron chi connectivity index (χ3n) is 3.34. The van der Waals surface area contributed by atoms with Crippen LogP contribution in [0.1, 0.15) is 16.7 Å². The quantitative estimate of drug-likeness (QED) is 0.854. The Bertz CT molecular complexity index is 735. The van der Waals surface area contributed by atoms with E-state index in [1.54, 1.807) is 30.3 Å². The topological polar surface area (TPSA) is 72.2 Å². The van der Waals surface area contributed by atoms with Gasteiger partial charge < -0.3 is 5.73 Å². The molecular formula is C15H18N2O2S. The Kier molecular flexibility index (Phi) is 3.72. The Morgan fingerprint density at radius 2 is 1.55 bits per heavy atom. The first-order chi connectivity index (χ1) is 9.31. The van der Waals surface area contributed by atoms with Crippen LogP contribution in [0.5, 0.6) is 0 Å². The molecule has 2 rings (SSSR count). The van der Waals surface area contributed by atoms with Gasteiger partial charge in [-0.2, -0.15) is 0 Å². The molecule has 0 bridgehead atoms. The lowest BCUT2D eigenvalue weighted by Crippen LogP contribution is -2.15. The maximum Gasteiger partial charge on any atom is 0.261 e. The zero-order chi connectivity index (χ0) is 14.9. The van der Waals surface area contributed by atoms with E-state index in [9.17, 15) is 8.42 Å². The van der Waals surface area contributed by atoms with Crippen LogP contribution in [0.2, 0.25) is 0 Å². The number of nitrogens with two attached hydrogens (primary N) is 1. The average molecular weight is 290 g/mol. The van der Waals surface area contributed by atoms with Gasteiger partial charge in [-0.1, -0.05) is 23.8 Å². The van der Waals surface area contributed by atoms with Gasteiger partial charge in [-0.15, -0.1) is 0 Å². The molecule has 2 aromatic carbocycles. The average Bonchev–Trinajstić information content (AvgIpc) is 2.40. The maximum atomic E-state index is 12.4. The number of hydrogen-bond acceptors (Lipinski definition) is 3. The van der Waals surface area contributed by atoms with E-state index in [4.69, 9.17) is 5.73 Å². The molecule has 0 aliphatic heterocycles. The number of hydrogen-bond donors (Lipinski definition) is 2. The Hall–Kier alpha value is -2.01. The Labute approximate surface area is 119 Å². The first-order valence-corrected chi connectivity index (χ1v) is 7.75. The highest BCUT2D eigenvalue weighted by Crippen LogP contribution is 2.28. The number of anilines is 2. The van der Waals surface area contributed by atoms with Gasteiger partial charge in [0.05, 0.1) is 16.3 Å². The van der Waals surface area contributed by atoms with Crippen molar-refractivity contribution >= 4 is 21.4 Å². The van der Waals surface area contributed by atoms with Gasteiger partial charge in [0.25, 0.3) is 10.0 Å². The van der Waals surface area contributed by atoms with Crippen LogP contribution in [-0.4, -0.2) is 8.42 Å². The van der Waals surface area contributed by atoms with Crippen molar-refractivity contribution in [1.29, 1.82) is 0 Å². The molecule has 3 N–H and O–H groups in total. The molecule has 0 aliphatic carbocycles. The van der Waals surface area contributed by atoms with Crippen LogP contribution in [0.25, 0.3) is 0 Å². The fraction of sp³-hybridized carbons (Fsp3) is 0.200. The van der Waals surface area contributed by atoms with Crippen molar-refractivity contribution in [3.63, 3.8) is 0 Å². The minimum Gasteiger partial charge on any atom is -0.397 e. The highest BCUT2D eigenvalue weighted by Gasteiger charge is 2.17. The molecule has 0 fully saturated rings. The van der Waals surface area contributed by atoms with Crippen molar-refractivity contribution < 1.29 is 8.42 Å². The minimum absolute atomic E-state index is 0.225. The highest BCUT2D eigenvalue weighted by molar-refractivity contribution is 7.92. The maximum absolute atomic E-state index is 12.4. The molecule has 0 radical (unpaired) electrons. The highest BCUT2D eigenvalue weighted by atomic mass is 32.2. The number of aryl methyl sites for hydroxylation is 2. The van der Waals surface area contributed by atoms with Crippen molar-refractivity contribution in [3.05, 3.63) is 53.1 Å². The van der Waals surface area contributed by atoms with Crippen molar-refractivity contribution in [2.75, 3.05) is 10.5 Å². The summed E-state index contributed by atoms with van der Waals surface area (Å²) in [4.78, 5) is 0.225. The summed E-state index contributed by atoms with van der Waals surface area (Å²) in [6.07, 6.45) is 0. The molecule has 0 saturated carbocycles. The summed E-state index contributed by atoms with van der Waals surface area (Å²) in [5.41, 5.74) is 9.57. The van der Waals surface area contributed by atoms with E-state index >= 15 is 0 Å². The van der Waals surface area contributed by atoms with Crippen molar-refractivity contribution in [1.82, 2.24) is 0 Å². The van der Waals surface area contributed by atoms with Gasteiger partial charge in [0.2, 0.25) is 0 Å². The molecule has 0 spiro atoms. The summed E-state index contributed by atoms with van der Waals surface area (Å²) in [7, 11) is -3.62. The third kappa shape index (κ3) is 2.77. The minimum atomic E-state index is -3.62. The normalized spacial score (nSPS) is 11.3. The second kappa shape index (κ2) is 5.17. The van der Waals surface area contributed by atoms with Crippen molar-refractivity contribution in [2.45, 2.75) is 25.7 Å². The van der Waals surface area contributed by atoms with Gasteiger partial charge in [0.15, 0.2) is 0 Å². The molecule has 0 aromatic heterocycles. The van der Waals surface area contributed by atoms with Crippen LogP contribution < -0.4 is 10.5 Å². The predicted octanol–water partition coefficient (Wildman–Crippen LogP) is 2.99. The molecule has 0 amide bonds. The Morgan fingerprint density at radius 1 is 0.950 bits per heavy atom. The van der Waals surface area contributed by atoms with Crippen LogP contribution in [0.4, 0.5) is 11.4 Å². The van der Waals surface area contributed by atoms with Crippen LogP contribution in [-0.2, 0) is 10.0 Å². The van der Waals surface area contributed by atoms with E-state index in [-0.39, 0.29) is 4.90 Å². The fourth-order valence-corrected chi connectivity index (χ4v) is 3.03. The first kappa shape index (κ1) is 14.4. The van der Waals surface area contributed by atoms with Crippen LogP contribution in [0, 0.1) is 20.8 Å². The van der Waals surface area contributed by atoms with E-state index in [2.05, 4.69) is 4.72 Å². The van der Waals surface area contributed by atoms with Gasteiger partial charge in [0, 0.05) is 0 Å². The molecule has 5 heteroatoms. The van der Waals surface area contributed by atoms with E-state index in [1.807, 2.05) is 26.8 Å². The Morgan fingerprint density at radius 3 is 2.15 bits per heavy atom. The summed E-state index contributed by atoms with van der Waals surface area (Å²) < 4.78 is 27.3. The molecule has 0 unspecified atom stereocenters. The van der Waals surface area contributed by atoms with Crippen LogP contribution in [0.3, 0.4) is 0 Å². The second-order valence-corrected chi connectivity index (χ2v) is 6.57. The molecule has 106 valence electrons. The number of nitrogens with one attached hydrogen (secondary N) is 1. The summed E-state index contributed by atoms with van der Waals surface area (Å²) in [6, 6.07) is 10.3. The van der Waals surface area contributed by atoms with Crippen LogP contribution in [0.15, 0.2) is 41.3 Å². The second-order valence-electron chi connectivity index (χ2n) is 4.89. The van der Waals surface area contributed by atoms with E-state index < -0.39 is 10.0 Å². The van der Waals surface area contributed by atoms with Gasteiger partial charge >= 0.3 is 0 Å². The van der Waals surface area contributed by atoms with Crippen LogP contribution >= 0.6 is 0 Å². The molecule has 20 heavy (non-hydrogen) atoms. The zero-order valence-corrected chi connectivity index (χ0v) is 12.6. The molecule has 0 aliphatic rings. The van der Waals surface area contributed by atoms with E-state index in [0.29, 0.717) is 11.4 Å². The molecule has 4 nitrogen and oxygen atoms in total. The lowest BCUT2D eigenvalue weighted by atomic mass is 10.1. The molecular weight excluding hydrogens is 272 g/mol. The summed E-state index contributed by atoms with van der Waals surface area (Å²) in [5, 5.41) is 0. The molecule has 0 atom stereocenters. The SMILES string of the molecule is Cc1ccc(S(=O)(=O)Nc2c(N)ccc(C)c2C)cc1. The molecule has 0 heterocycles. The van der Waals surface area contributed by atoms with Crippen molar-refractivity contribution in [2.24, 2.45) is 0 Å². The number of nitrogen functional groups attached to an aromatic ring is 1. The van der Waals surface area contributed by atoms with Gasteiger partial charge in [0.1, 0.15) is 0 Å². The van der Waals surface area contributed by atoms with Gasteiger partial charge in [-0.05, 0) is 50.1 Å². The lowest BCUT2D eigenvalue weighted by molar-refractivity contribution is 0.601. The first-order valence-electron chi connectivity index (χ1n) is 6.26. The largest absolute Gasteiger partial charge is 0.397 e. The number of benzene rings is 2. The fourth-order valence-electron chi connectivity index (χ4n) is 1.88. The van der Waals surface area contributed by atoms with Gasteiger partial charge in [-0.3, -0.25) is 4.72 Å². The summed E-state index contributed by atoms with van der Waals surface area (Å²) >= 11 is 0. The standard InChI is InChI=1S/C15H18N2O2S/c1-10-4-7-13(8-5-10)20(18,19)17-15-12(3)11(2)6-9-14(15)16/h4-9,17H,16H2,1-3H3. The third-order valence-corrected chi connectivity index (χ3v) is 4.70. The smallest absolute Gasteiger partial charge is 0.261 e. The Balaban J connectivity index is 2.43. The molecule has 0 saturated heterocycles. The number of sulfonamides is 1. The summed E-state index contributed by atoms with van der Waals surface area (Å²) in [5.74, 6) is 0. The number of rotatable bonds is 3. The summed E-state index contributed by atoms with van der Waals surface area (Å²) in [6.45, 7) is 5.67. The predicted molar refractivity (Wildman–Crippen MR) is 82.3 cm³/mol. The van der Waals surface area contributed by atoms with Gasteiger partial charge in [-0.25, -0.2) is 8.42 Å². The lowest BCUT2D eigenvalue weighted by Gasteiger charge is -2.14. The monoisotopic (exact) mass is 290 g/mol.